The zero-order valence-corrected chi connectivity index (χ0v) is 20.3. The lowest BCUT2D eigenvalue weighted by Crippen LogP contribution is -2.49. The molecule has 0 bridgehead atoms. The van der Waals surface area contributed by atoms with Crippen molar-refractivity contribution in [3.05, 3.63) is 70.9 Å². The number of aryl methyl sites for hydroxylation is 1. The van der Waals surface area contributed by atoms with Gasteiger partial charge in [-0.3, -0.25) is 9.59 Å². The second-order valence-corrected chi connectivity index (χ2v) is 9.33. The molecule has 10 nitrogen and oxygen atoms in total. The standard InChI is InChI=1S/C26H28N6O4/c1-18-22-21(23(29-12-6-7-13-29)32(28-22)20-8-4-3-5-9-20)25(34)31(27-18)19(2)24(33)30-14-10-26(11-15-30)35-16-17-36-26/h3-9,12-13,19H,10-11,14-17H2,1-2H3/t19-/m1/s1. The van der Waals surface area contributed by atoms with Gasteiger partial charge in [0.15, 0.2) is 11.6 Å². The van der Waals surface area contributed by atoms with Crippen LogP contribution >= 0.6 is 0 Å². The molecule has 5 heterocycles. The fraction of sp³-hybridized carbons (Fsp3) is 0.385. The number of rotatable bonds is 4. The number of aromatic nitrogens is 5. The van der Waals surface area contributed by atoms with Gasteiger partial charge in [0.25, 0.3) is 5.56 Å². The van der Waals surface area contributed by atoms with E-state index in [0.717, 1.165) is 5.69 Å². The number of hydrogen-bond acceptors (Lipinski definition) is 6. The van der Waals surface area contributed by atoms with E-state index in [4.69, 9.17) is 14.6 Å². The van der Waals surface area contributed by atoms with Gasteiger partial charge in [0.05, 0.1) is 24.6 Å². The van der Waals surface area contributed by atoms with E-state index in [1.165, 1.54) is 4.68 Å². The molecule has 2 aliphatic rings. The summed E-state index contributed by atoms with van der Waals surface area (Å²) >= 11 is 0. The highest BCUT2D eigenvalue weighted by atomic mass is 16.7. The van der Waals surface area contributed by atoms with Gasteiger partial charge < -0.3 is 18.9 Å². The predicted octanol–water partition coefficient (Wildman–Crippen LogP) is 2.61. The normalized spacial score (nSPS) is 18.2. The SMILES string of the molecule is Cc1nn([C@H](C)C(=O)N2CCC3(CC2)OCCO3)c(=O)c2c(-n3cccc3)n(-c3ccccc3)nc12. The number of carbonyl (C=O) groups is 1. The lowest BCUT2D eigenvalue weighted by Gasteiger charge is -2.38. The second-order valence-electron chi connectivity index (χ2n) is 9.33. The Balaban J connectivity index is 1.41. The summed E-state index contributed by atoms with van der Waals surface area (Å²) in [5.74, 6) is -0.0999. The fourth-order valence-electron chi connectivity index (χ4n) is 5.18. The Hall–Kier alpha value is -3.76. The molecule has 2 saturated heterocycles. The number of piperidine rings is 1. The summed E-state index contributed by atoms with van der Waals surface area (Å²) in [6.07, 6.45) is 4.99. The van der Waals surface area contributed by atoms with Crippen LogP contribution in [0.3, 0.4) is 0 Å². The molecule has 186 valence electrons. The number of nitrogens with zero attached hydrogens (tertiary/aromatic N) is 6. The first-order chi connectivity index (χ1) is 17.5. The van der Waals surface area contributed by atoms with Gasteiger partial charge in [-0.2, -0.15) is 10.2 Å². The molecule has 3 aromatic heterocycles. The average molecular weight is 489 g/mol. The minimum absolute atomic E-state index is 0.144. The number of fused-ring (bicyclic) bond motifs is 1. The smallest absolute Gasteiger partial charge is 0.280 e. The topological polar surface area (TPSA) is 96.4 Å². The quantitative estimate of drug-likeness (QED) is 0.438. The zero-order chi connectivity index (χ0) is 24.9. The Morgan fingerprint density at radius 1 is 1.00 bits per heavy atom. The molecule has 4 aromatic rings. The van der Waals surface area contributed by atoms with Gasteiger partial charge in [0, 0.05) is 38.3 Å². The number of carbonyl (C=O) groups excluding carboxylic acids is 1. The van der Waals surface area contributed by atoms with Crippen molar-refractivity contribution in [3.8, 4) is 11.5 Å². The molecule has 6 rings (SSSR count). The van der Waals surface area contributed by atoms with Crippen LogP contribution in [-0.4, -0.2) is 67.0 Å². The average Bonchev–Trinajstić information content (AvgIpc) is 3.67. The van der Waals surface area contributed by atoms with Gasteiger partial charge in [0.2, 0.25) is 5.91 Å². The van der Waals surface area contributed by atoms with Crippen LogP contribution in [0.15, 0.2) is 59.7 Å². The molecule has 1 atom stereocenters. The molecule has 2 aliphatic heterocycles. The van der Waals surface area contributed by atoms with Crippen LogP contribution in [-0.2, 0) is 14.3 Å². The highest BCUT2D eigenvalue weighted by Gasteiger charge is 2.41. The summed E-state index contributed by atoms with van der Waals surface area (Å²) < 4.78 is 16.5. The fourth-order valence-corrected chi connectivity index (χ4v) is 5.18. The Kier molecular flexibility index (Phi) is 5.50. The third kappa shape index (κ3) is 3.64. The first-order valence-corrected chi connectivity index (χ1v) is 12.2. The molecule has 0 radical (unpaired) electrons. The summed E-state index contributed by atoms with van der Waals surface area (Å²) in [4.78, 5) is 29.1. The molecular formula is C26H28N6O4. The summed E-state index contributed by atoms with van der Waals surface area (Å²) in [6, 6.07) is 12.7. The third-order valence-electron chi connectivity index (χ3n) is 7.11. The van der Waals surface area contributed by atoms with E-state index in [1.807, 2.05) is 66.3 Å². The van der Waals surface area contributed by atoms with Crippen LogP contribution in [0.1, 0.15) is 31.5 Å². The Morgan fingerprint density at radius 2 is 1.67 bits per heavy atom. The van der Waals surface area contributed by atoms with E-state index in [1.54, 1.807) is 16.5 Å². The highest BCUT2D eigenvalue weighted by molar-refractivity contribution is 5.88. The predicted molar refractivity (Wildman–Crippen MR) is 132 cm³/mol. The molecule has 0 aliphatic carbocycles. The lowest BCUT2D eigenvalue weighted by molar-refractivity contribution is -0.188. The summed E-state index contributed by atoms with van der Waals surface area (Å²) in [7, 11) is 0. The van der Waals surface area contributed by atoms with Crippen molar-refractivity contribution in [2.24, 2.45) is 0 Å². The lowest BCUT2D eigenvalue weighted by atomic mass is 10.0. The number of benzene rings is 1. The van der Waals surface area contributed by atoms with E-state index >= 15 is 0 Å². The highest BCUT2D eigenvalue weighted by Crippen LogP contribution is 2.32. The van der Waals surface area contributed by atoms with Gasteiger partial charge in [-0.15, -0.1) is 0 Å². The maximum Gasteiger partial charge on any atom is 0.280 e. The largest absolute Gasteiger partial charge is 0.347 e. The molecule has 1 amide bonds. The molecule has 10 heteroatoms. The molecule has 2 fully saturated rings. The Bertz CT molecular complexity index is 1460. The van der Waals surface area contributed by atoms with Crippen molar-refractivity contribution in [3.63, 3.8) is 0 Å². The van der Waals surface area contributed by atoms with Crippen LogP contribution in [0.25, 0.3) is 22.4 Å². The maximum atomic E-state index is 13.9. The van der Waals surface area contributed by atoms with Crippen molar-refractivity contribution in [2.75, 3.05) is 26.3 Å². The van der Waals surface area contributed by atoms with E-state index in [-0.39, 0.29) is 11.5 Å². The van der Waals surface area contributed by atoms with Crippen LogP contribution in [0.2, 0.25) is 0 Å². The molecule has 1 aromatic carbocycles. The Morgan fingerprint density at radius 3 is 2.33 bits per heavy atom. The van der Waals surface area contributed by atoms with Crippen LogP contribution in [0.4, 0.5) is 0 Å². The van der Waals surface area contributed by atoms with Gasteiger partial charge in [-0.05, 0) is 38.1 Å². The first-order valence-electron chi connectivity index (χ1n) is 12.2. The van der Waals surface area contributed by atoms with Gasteiger partial charge in [-0.25, -0.2) is 9.36 Å². The summed E-state index contributed by atoms with van der Waals surface area (Å²) in [6.45, 7) is 5.74. The third-order valence-corrected chi connectivity index (χ3v) is 7.11. The summed E-state index contributed by atoms with van der Waals surface area (Å²) in [5, 5.41) is 9.73. The van der Waals surface area contributed by atoms with Gasteiger partial charge >= 0.3 is 0 Å². The molecule has 0 saturated carbocycles. The second kappa shape index (κ2) is 8.72. The van der Waals surface area contributed by atoms with Crippen molar-refractivity contribution in [2.45, 2.75) is 38.5 Å². The van der Waals surface area contributed by atoms with Crippen LogP contribution in [0.5, 0.6) is 0 Å². The molecule has 0 unspecified atom stereocenters. The van der Waals surface area contributed by atoms with E-state index in [9.17, 15) is 9.59 Å². The molecule has 36 heavy (non-hydrogen) atoms. The van der Waals surface area contributed by atoms with Crippen LogP contribution < -0.4 is 5.56 Å². The van der Waals surface area contributed by atoms with Crippen molar-refractivity contribution in [1.82, 2.24) is 29.0 Å². The molecule has 1 spiro atoms. The minimum atomic E-state index is -0.766. The molecular weight excluding hydrogens is 460 g/mol. The number of amides is 1. The zero-order valence-electron chi connectivity index (χ0n) is 20.3. The first kappa shape index (κ1) is 22.7. The van der Waals surface area contributed by atoms with E-state index < -0.39 is 11.8 Å². The van der Waals surface area contributed by atoms with Crippen molar-refractivity contribution < 1.29 is 14.3 Å². The van der Waals surface area contributed by atoms with E-state index in [0.29, 0.717) is 61.6 Å². The number of likely N-dealkylation sites (tertiary alicyclic amines) is 1. The van der Waals surface area contributed by atoms with Crippen molar-refractivity contribution in [1.29, 1.82) is 0 Å². The van der Waals surface area contributed by atoms with Gasteiger partial charge in [-0.1, -0.05) is 18.2 Å². The summed E-state index contributed by atoms with van der Waals surface area (Å²) in [5.41, 5.74) is 1.57. The number of ether oxygens (including phenoxy) is 2. The van der Waals surface area contributed by atoms with Crippen molar-refractivity contribution >= 4 is 16.8 Å². The van der Waals surface area contributed by atoms with Crippen LogP contribution in [0, 0.1) is 6.92 Å². The van der Waals surface area contributed by atoms with Gasteiger partial charge in [0.1, 0.15) is 16.9 Å². The van der Waals surface area contributed by atoms with E-state index in [2.05, 4.69) is 5.10 Å². The molecule has 0 N–H and O–H groups in total. The monoisotopic (exact) mass is 488 g/mol. The minimum Gasteiger partial charge on any atom is -0.347 e. The number of para-hydroxylation sites is 1. The maximum absolute atomic E-state index is 13.9. The Labute approximate surface area is 207 Å². The number of hydrogen-bond donors (Lipinski definition) is 0.